The Morgan fingerprint density at radius 2 is 1.50 bits per heavy atom. The molecule has 50 heavy (non-hydrogen) atoms. The lowest BCUT2D eigenvalue weighted by Crippen LogP contribution is -2.59. The monoisotopic (exact) mass is 697 g/mol. The van der Waals surface area contributed by atoms with Gasteiger partial charge in [-0.05, 0) is 65.1 Å². The molecule has 280 valence electrons. The van der Waals surface area contributed by atoms with E-state index in [2.05, 4.69) is 57.1 Å². The maximum absolute atomic E-state index is 14.6. The first-order chi connectivity index (χ1) is 22.9. The first-order valence-electron chi connectivity index (χ1n) is 18.6. The Morgan fingerprint density at radius 3 is 2.00 bits per heavy atom. The highest BCUT2D eigenvalue weighted by atomic mass is 16.2. The number of likely N-dealkylation sites (tertiary alicyclic amines) is 2. The Labute approximate surface area is 299 Å². The van der Waals surface area contributed by atoms with Crippen molar-refractivity contribution in [1.82, 2.24) is 25.8 Å². The first kappa shape index (κ1) is 39.5. The third kappa shape index (κ3) is 8.79. The van der Waals surface area contributed by atoms with Crippen LogP contribution in [0, 0.1) is 39.4 Å². The van der Waals surface area contributed by atoms with Gasteiger partial charge in [0.15, 0.2) is 0 Å². The fourth-order valence-electron chi connectivity index (χ4n) is 7.93. The molecule has 3 N–H and O–H groups in total. The van der Waals surface area contributed by atoms with Crippen LogP contribution in [0.3, 0.4) is 0 Å². The molecule has 0 radical (unpaired) electrons. The van der Waals surface area contributed by atoms with Crippen LogP contribution in [0.25, 0.3) is 0 Å². The van der Waals surface area contributed by atoms with E-state index >= 15 is 0 Å². The van der Waals surface area contributed by atoms with E-state index in [9.17, 15) is 28.8 Å². The van der Waals surface area contributed by atoms with Crippen LogP contribution >= 0.6 is 0 Å². The molecule has 4 fully saturated rings. The molecular formula is C39H63N5O6. The fourth-order valence-corrected chi connectivity index (χ4v) is 7.93. The van der Waals surface area contributed by atoms with E-state index in [4.69, 9.17) is 0 Å². The molecule has 2 heterocycles. The number of rotatable bonds is 14. The molecule has 6 atom stereocenters. The van der Waals surface area contributed by atoms with Crippen LogP contribution in [0.2, 0.25) is 0 Å². The summed E-state index contributed by atoms with van der Waals surface area (Å²) >= 11 is 0. The Hall–Kier alpha value is -3.24. The standard InChI is InChI=1S/C39H63N5O6/c1-13-14-26(31(47)34(49)41-24-15-16-24)42-33(48)30-29-25(39(29,11)12)21-44(30)35(50)32(37(6,7)8)40-22(2)17-23(36(3,4)5)20-43-27(45)18-38(9,10)19-28(43)46/h23-26,29-30,32,40H,2,13-21H2,1,3-12H3,(H,41,49)(H,42,48)/t23-,25+,26+,29+,30+,32-/m1/s1. The van der Waals surface area contributed by atoms with Crippen molar-refractivity contribution < 1.29 is 28.8 Å². The summed E-state index contributed by atoms with van der Waals surface area (Å²) in [7, 11) is 0. The highest BCUT2D eigenvalue weighted by molar-refractivity contribution is 6.38. The van der Waals surface area contributed by atoms with Crippen molar-refractivity contribution in [2.24, 2.45) is 39.4 Å². The third-order valence-electron chi connectivity index (χ3n) is 11.6. The molecule has 0 unspecified atom stereocenters. The minimum absolute atomic E-state index is 0.0258. The van der Waals surface area contributed by atoms with Gasteiger partial charge < -0.3 is 20.9 Å². The van der Waals surface area contributed by atoms with Gasteiger partial charge >= 0.3 is 0 Å². The molecule has 0 aromatic carbocycles. The number of carbonyl (C=O) groups is 6. The molecule has 11 heteroatoms. The summed E-state index contributed by atoms with van der Waals surface area (Å²) < 4.78 is 0. The third-order valence-corrected chi connectivity index (χ3v) is 11.6. The SMILES string of the molecule is C=C(C[C@H](CN1C(=O)CC(C)(C)CC1=O)C(C)(C)C)N[C@H](C(=O)N1C[C@H]2[C@@H]([C@H]1C(=O)N[C@@H](CCC)C(=O)C(=O)NC1CC1)C2(C)C)C(C)(C)C. The summed E-state index contributed by atoms with van der Waals surface area (Å²) in [4.78, 5) is 83.5. The van der Waals surface area contributed by atoms with Crippen molar-refractivity contribution in [3.8, 4) is 0 Å². The van der Waals surface area contributed by atoms with Gasteiger partial charge in [0.25, 0.3) is 5.91 Å². The maximum Gasteiger partial charge on any atom is 0.289 e. The molecule has 2 aliphatic heterocycles. The molecule has 0 aromatic heterocycles. The second-order valence-corrected chi connectivity index (χ2v) is 19.1. The zero-order chi connectivity index (χ0) is 37.7. The number of Topliss-reactive ketones (excluding diaryl/α,β-unsaturated/α-hetero) is 1. The summed E-state index contributed by atoms with van der Waals surface area (Å²) in [6, 6.07) is -2.43. The number of nitrogens with one attached hydrogen (secondary N) is 3. The fraction of sp³-hybridized carbons (Fsp3) is 0.795. The highest BCUT2D eigenvalue weighted by Gasteiger charge is 2.70. The zero-order valence-electron chi connectivity index (χ0n) is 32.5. The lowest BCUT2D eigenvalue weighted by Gasteiger charge is -2.41. The molecule has 11 nitrogen and oxygen atoms in total. The largest absolute Gasteiger partial charge is 0.377 e. The van der Waals surface area contributed by atoms with E-state index in [-0.39, 0.29) is 64.3 Å². The molecule has 4 aliphatic rings. The summed E-state index contributed by atoms with van der Waals surface area (Å²) in [5.41, 5.74) is -0.709. The second-order valence-electron chi connectivity index (χ2n) is 19.1. The van der Waals surface area contributed by atoms with Gasteiger partial charge in [-0.25, -0.2) is 0 Å². The predicted octanol–water partition coefficient (Wildman–Crippen LogP) is 4.35. The van der Waals surface area contributed by atoms with E-state index in [1.54, 1.807) is 4.90 Å². The average Bonchev–Trinajstić information content (AvgIpc) is 3.81. The van der Waals surface area contributed by atoms with Gasteiger partial charge in [-0.3, -0.25) is 33.7 Å². The van der Waals surface area contributed by atoms with Crippen molar-refractivity contribution in [2.75, 3.05) is 13.1 Å². The quantitative estimate of drug-likeness (QED) is 0.181. The van der Waals surface area contributed by atoms with Crippen LogP contribution in [-0.4, -0.2) is 82.4 Å². The number of hydrogen-bond acceptors (Lipinski definition) is 7. The Balaban J connectivity index is 1.51. The number of piperidine rings is 2. The number of nitrogens with zero attached hydrogens (tertiary/aromatic N) is 2. The normalized spacial score (nSPS) is 26.0. The topological polar surface area (TPSA) is 145 Å². The van der Waals surface area contributed by atoms with Crippen LogP contribution in [0.15, 0.2) is 12.3 Å². The number of allylic oxidation sites excluding steroid dienone is 1. The molecule has 0 spiro atoms. The van der Waals surface area contributed by atoms with Gasteiger partial charge in [0.2, 0.25) is 29.4 Å². The van der Waals surface area contributed by atoms with Crippen LogP contribution in [-0.2, 0) is 28.8 Å². The summed E-state index contributed by atoms with van der Waals surface area (Å²) in [6.07, 6.45) is 3.71. The molecule has 2 saturated carbocycles. The number of hydrogen-bond donors (Lipinski definition) is 3. The lowest BCUT2D eigenvalue weighted by atomic mass is 9.76. The molecule has 0 bridgehead atoms. The number of imide groups is 1. The lowest BCUT2D eigenvalue weighted by molar-refractivity contribution is -0.153. The van der Waals surface area contributed by atoms with Crippen molar-refractivity contribution in [2.45, 2.75) is 145 Å². The molecule has 5 amide bonds. The number of ketones is 1. The minimum atomic E-state index is -0.959. The van der Waals surface area contributed by atoms with E-state index in [0.717, 1.165) is 12.8 Å². The Morgan fingerprint density at radius 1 is 0.920 bits per heavy atom. The molecule has 2 aliphatic carbocycles. The zero-order valence-corrected chi connectivity index (χ0v) is 32.5. The van der Waals surface area contributed by atoms with Crippen LogP contribution in [0.4, 0.5) is 0 Å². The Bertz CT molecular complexity index is 1380. The van der Waals surface area contributed by atoms with E-state index in [1.807, 2.05) is 41.5 Å². The van der Waals surface area contributed by atoms with Gasteiger partial charge in [0, 0.05) is 37.7 Å². The average molecular weight is 698 g/mol. The first-order valence-corrected chi connectivity index (χ1v) is 18.6. The van der Waals surface area contributed by atoms with Crippen LogP contribution in [0.5, 0.6) is 0 Å². The van der Waals surface area contributed by atoms with Crippen molar-refractivity contribution in [3.63, 3.8) is 0 Å². The highest BCUT2D eigenvalue weighted by Crippen LogP contribution is 2.65. The van der Waals surface area contributed by atoms with Crippen LogP contribution in [0.1, 0.15) is 121 Å². The van der Waals surface area contributed by atoms with Crippen LogP contribution < -0.4 is 16.0 Å². The Kier molecular flexibility index (Phi) is 11.1. The van der Waals surface area contributed by atoms with Crippen molar-refractivity contribution in [3.05, 3.63) is 12.3 Å². The molecule has 0 aromatic rings. The smallest absolute Gasteiger partial charge is 0.289 e. The van der Waals surface area contributed by atoms with E-state index < -0.39 is 41.1 Å². The number of carbonyl (C=O) groups excluding carboxylic acids is 6. The van der Waals surface area contributed by atoms with E-state index in [0.29, 0.717) is 44.3 Å². The predicted molar refractivity (Wildman–Crippen MR) is 192 cm³/mol. The van der Waals surface area contributed by atoms with Gasteiger partial charge in [0.1, 0.15) is 12.1 Å². The number of amides is 5. The molecular weight excluding hydrogens is 634 g/mol. The van der Waals surface area contributed by atoms with E-state index in [1.165, 1.54) is 4.90 Å². The maximum atomic E-state index is 14.6. The van der Waals surface area contributed by atoms with Gasteiger partial charge in [0.05, 0.1) is 6.04 Å². The minimum Gasteiger partial charge on any atom is -0.377 e. The summed E-state index contributed by atoms with van der Waals surface area (Å²) in [6.45, 7) is 27.1. The number of fused-ring (bicyclic) bond motifs is 1. The summed E-state index contributed by atoms with van der Waals surface area (Å²) in [5.74, 6) is -2.30. The van der Waals surface area contributed by atoms with Gasteiger partial charge in [-0.1, -0.05) is 89.2 Å². The molecule has 2 saturated heterocycles. The second kappa shape index (κ2) is 14.1. The van der Waals surface area contributed by atoms with Crippen molar-refractivity contribution >= 4 is 35.3 Å². The van der Waals surface area contributed by atoms with Gasteiger partial charge in [-0.15, -0.1) is 0 Å². The van der Waals surface area contributed by atoms with Gasteiger partial charge in [-0.2, -0.15) is 0 Å². The summed E-state index contributed by atoms with van der Waals surface area (Å²) in [5, 5.41) is 9.05. The van der Waals surface area contributed by atoms with Crippen molar-refractivity contribution in [1.29, 1.82) is 0 Å². The molecule has 4 rings (SSSR count).